The normalized spacial score (nSPS) is 17.0. The summed E-state index contributed by atoms with van der Waals surface area (Å²) in [5.74, 6) is -0.468. The molecule has 0 aliphatic heterocycles. The van der Waals surface area contributed by atoms with Gasteiger partial charge in [-0.05, 0) is 31.4 Å². The van der Waals surface area contributed by atoms with E-state index >= 15 is 0 Å². The molecule has 0 amide bonds. The van der Waals surface area contributed by atoms with Crippen LogP contribution in [0.5, 0.6) is 0 Å². The predicted molar refractivity (Wildman–Crippen MR) is 55.2 cm³/mol. The first-order chi connectivity index (χ1) is 7.10. The highest BCUT2D eigenvalue weighted by Gasteiger charge is 2.47. The van der Waals surface area contributed by atoms with E-state index < -0.39 is 11.4 Å². The lowest BCUT2D eigenvalue weighted by Gasteiger charge is -2.14. The van der Waals surface area contributed by atoms with Crippen molar-refractivity contribution >= 4 is 17.7 Å². The highest BCUT2D eigenvalue weighted by atomic mass is 35.5. The molecule has 0 radical (unpaired) electrons. The number of benzene rings is 1. The van der Waals surface area contributed by atoms with Crippen LogP contribution in [0.15, 0.2) is 17.1 Å². The molecule has 1 aliphatic rings. The second kappa shape index (κ2) is 3.44. The maximum Gasteiger partial charge on any atom is 0.235 e. The van der Waals surface area contributed by atoms with Gasteiger partial charge in [0.25, 0.3) is 0 Å². The second-order valence-electron chi connectivity index (χ2n) is 3.79. The molecule has 4 heteroatoms. The molecule has 0 aromatic heterocycles. The number of nitrogens with zero attached hydrogens (tertiary/aromatic N) is 1. The van der Waals surface area contributed by atoms with Crippen LogP contribution in [0.25, 0.3) is 0 Å². The summed E-state index contributed by atoms with van der Waals surface area (Å²) in [6.45, 7) is 1.83. The monoisotopic (exact) mass is 225 g/mol. The lowest BCUT2D eigenvalue weighted by molar-refractivity contribution is 0.555. The first kappa shape index (κ1) is 10.3. The summed E-state index contributed by atoms with van der Waals surface area (Å²) in [5.41, 5.74) is 0.885. The topological polar surface area (TPSA) is 29.4 Å². The van der Waals surface area contributed by atoms with Gasteiger partial charge in [-0.2, -0.15) is 4.99 Å². The van der Waals surface area contributed by atoms with Crippen molar-refractivity contribution in [2.45, 2.75) is 25.3 Å². The first-order valence-electron chi connectivity index (χ1n) is 4.65. The van der Waals surface area contributed by atoms with Gasteiger partial charge in [-0.25, -0.2) is 9.18 Å². The summed E-state index contributed by atoms with van der Waals surface area (Å²) in [4.78, 5) is 14.1. The van der Waals surface area contributed by atoms with Gasteiger partial charge < -0.3 is 0 Å². The smallest absolute Gasteiger partial charge is 0.211 e. The molecule has 78 valence electrons. The highest BCUT2D eigenvalue weighted by molar-refractivity contribution is 6.31. The summed E-state index contributed by atoms with van der Waals surface area (Å²) in [6.07, 6.45) is 2.99. The van der Waals surface area contributed by atoms with E-state index in [0.29, 0.717) is 5.56 Å². The highest BCUT2D eigenvalue weighted by Crippen LogP contribution is 2.52. The van der Waals surface area contributed by atoms with E-state index in [1.54, 1.807) is 6.07 Å². The van der Waals surface area contributed by atoms with Crippen LogP contribution in [0, 0.1) is 12.7 Å². The number of aryl methyl sites for hydroxylation is 1. The van der Waals surface area contributed by atoms with Crippen molar-refractivity contribution in [1.29, 1.82) is 0 Å². The van der Waals surface area contributed by atoms with Crippen LogP contribution < -0.4 is 0 Å². The Hall–Kier alpha value is -1.18. The Morgan fingerprint density at radius 2 is 2.20 bits per heavy atom. The molecule has 2 nitrogen and oxygen atoms in total. The fraction of sp³-hybridized carbons (Fsp3) is 0.364. The summed E-state index contributed by atoms with van der Waals surface area (Å²) in [7, 11) is 0. The molecule has 2 rings (SSSR count). The Bertz CT molecular complexity index is 462. The Kier molecular flexibility index (Phi) is 2.37. The van der Waals surface area contributed by atoms with Crippen LogP contribution in [0.1, 0.15) is 24.0 Å². The van der Waals surface area contributed by atoms with E-state index in [0.717, 1.165) is 18.4 Å². The molecule has 1 aromatic rings. The quantitative estimate of drug-likeness (QED) is 0.562. The molecule has 15 heavy (non-hydrogen) atoms. The minimum Gasteiger partial charge on any atom is -0.211 e. The first-order valence-corrected chi connectivity index (χ1v) is 5.03. The SMILES string of the molecule is Cc1ccc(F)c(Cl)c1C1(N=C=O)CC1. The molecule has 0 spiro atoms. The molecular formula is C11H9ClFNO. The molecule has 0 N–H and O–H groups in total. The number of hydrogen-bond acceptors (Lipinski definition) is 2. The van der Waals surface area contributed by atoms with Crippen LogP contribution in [0.3, 0.4) is 0 Å². The van der Waals surface area contributed by atoms with Crippen LogP contribution in [0.2, 0.25) is 5.02 Å². The minimum absolute atomic E-state index is 0.0755. The number of rotatable bonds is 2. The van der Waals surface area contributed by atoms with Crippen molar-refractivity contribution in [3.63, 3.8) is 0 Å². The molecule has 1 saturated carbocycles. The van der Waals surface area contributed by atoms with Gasteiger partial charge in [0.05, 0.1) is 5.02 Å². The number of carbonyl (C=O) groups excluding carboxylic acids is 1. The summed E-state index contributed by atoms with van der Waals surface area (Å²) in [5, 5.41) is 0.0755. The van der Waals surface area contributed by atoms with Gasteiger partial charge in [-0.15, -0.1) is 0 Å². The Labute approximate surface area is 91.8 Å². The van der Waals surface area contributed by atoms with Crippen molar-refractivity contribution in [3.8, 4) is 0 Å². The van der Waals surface area contributed by atoms with E-state index in [1.807, 2.05) is 6.92 Å². The standard InChI is InChI=1S/C11H9ClFNO/c1-7-2-3-8(13)10(12)9(7)11(4-5-11)14-6-15/h2-3H,4-5H2,1H3. The number of halogens is 2. The molecule has 1 aromatic carbocycles. The van der Waals surface area contributed by atoms with Gasteiger partial charge in [-0.1, -0.05) is 17.7 Å². The van der Waals surface area contributed by atoms with E-state index in [2.05, 4.69) is 4.99 Å². The maximum absolute atomic E-state index is 13.3. The summed E-state index contributed by atoms with van der Waals surface area (Å²) in [6, 6.07) is 2.97. The zero-order valence-electron chi connectivity index (χ0n) is 8.18. The van der Waals surface area contributed by atoms with Crippen molar-refractivity contribution in [1.82, 2.24) is 0 Å². The molecule has 0 heterocycles. The molecule has 1 aliphatic carbocycles. The number of aliphatic imine (C=N–C) groups is 1. The molecule has 0 saturated heterocycles. The van der Waals surface area contributed by atoms with Crippen LogP contribution in [-0.4, -0.2) is 6.08 Å². The van der Waals surface area contributed by atoms with Gasteiger partial charge in [0, 0.05) is 5.56 Å². The van der Waals surface area contributed by atoms with Gasteiger partial charge in [-0.3, -0.25) is 0 Å². The lowest BCUT2D eigenvalue weighted by Crippen LogP contribution is -2.07. The van der Waals surface area contributed by atoms with Crippen molar-refractivity contribution in [2.75, 3.05) is 0 Å². The molecule has 0 unspecified atom stereocenters. The van der Waals surface area contributed by atoms with Crippen molar-refractivity contribution < 1.29 is 9.18 Å². The summed E-state index contributed by atoms with van der Waals surface area (Å²) < 4.78 is 13.3. The Morgan fingerprint density at radius 3 is 2.73 bits per heavy atom. The van der Waals surface area contributed by atoms with Gasteiger partial charge in [0.2, 0.25) is 6.08 Å². The third kappa shape index (κ3) is 1.58. The molecular weight excluding hydrogens is 217 g/mol. The molecule has 0 bridgehead atoms. The van der Waals surface area contributed by atoms with Crippen LogP contribution >= 0.6 is 11.6 Å². The minimum atomic E-state index is -0.606. The third-order valence-electron chi connectivity index (χ3n) is 2.75. The fourth-order valence-corrected chi connectivity index (χ4v) is 2.23. The van der Waals surface area contributed by atoms with Crippen molar-refractivity contribution in [3.05, 3.63) is 34.1 Å². The van der Waals surface area contributed by atoms with Gasteiger partial charge in [0.15, 0.2) is 0 Å². The van der Waals surface area contributed by atoms with E-state index in [-0.39, 0.29) is 5.02 Å². The fourth-order valence-electron chi connectivity index (χ4n) is 1.84. The van der Waals surface area contributed by atoms with Gasteiger partial charge in [0.1, 0.15) is 11.4 Å². The van der Waals surface area contributed by atoms with E-state index in [4.69, 9.17) is 11.6 Å². The lowest BCUT2D eigenvalue weighted by atomic mass is 9.99. The van der Waals surface area contributed by atoms with E-state index in [9.17, 15) is 9.18 Å². The average Bonchev–Trinajstić information content (AvgIpc) is 2.94. The van der Waals surface area contributed by atoms with Crippen LogP contribution in [0.4, 0.5) is 4.39 Å². The average molecular weight is 226 g/mol. The number of isocyanates is 1. The zero-order valence-corrected chi connectivity index (χ0v) is 8.94. The van der Waals surface area contributed by atoms with E-state index in [1.165, 1.54) is 12.1 Å². The van der Waals surface area contributed by atoms with Gasteiger partial charge >= 0.3 is 0 Å². The van der Waals surface area contributed by atoms with Crippen molar-refractivity contribution in [2.24, 2.45) is 4.99 Å². The number of hydrogen-bond donors (Lipinski definition) is 0. The van der Waals surface area contributed by atoms with Crippen LogP contribution in [-0.2, 0) is 10.3 Å². The predicted octanol–water partition coefficient (Wildman–Crippen LogP) is 3.11. The Balaban J connectivity index is 2.62. The zero-order chi connectivity index (χ0) is 11.1. The molecule has 0 atom stereocenters. The Morgan fingerprint density at radius 1 is 1.53 bits per heavy atom. The molecule has 1 fully saturated rings. The maximum atomic E-state index is 13.3. The largest absolute Gasteiger partial charge is 0.235 e. The summed E-state index contributed by atoms with van der Waals surface area (Å²) >= 11 is 5.89. The third-order valence-corrected chi connectivity index (χ3v) is 3.12. The second-order valence-corrected chi connectivity index (χ2v) is 4.17.